The molecule has 7 nitrogen and oxygen atoms in total. The van der Waals surface area contributed by atoms with Crippen molar-refractivity contribution in [2.45, 2.75) is 25.4 Å². The second-order valence-electron chi connectivity index (χ2n) is 9.38. The van der Waals surface area contributed by atoms with Crippen LogP contribution in [0.4, 0.5) is 0 Å². The normalized spacial score (nSPS) is 16.6. The van der Waals surface area contributed by atoms with Gasteiger partial charge in [0.25, 0.3) is 5.91 Å². The zero-order chi connectivity index (χ0) is 23.9. The monoisotopic (exact) mass is 462 g/mol. The van der Waals surface area contributed by atoms with Crippen LogP contribution in [0.3, 0.4) is 0 Å². The summed E-state index contributed by atoms with van der Waals surface area (Å²) in [6.07, 6.45) is 8.21. The standard InChI is InChI=1S/C28H26N6O/c1-32-11-2-3-24(32)16-31-28(35)21-8-9-25-23(13-21)18-33-17-22(20-6-4-19(15-29)5-7-20)14-26(33)27-30-10-12-34(25)27/h4-10,12-14,17,24H,2-3,11,16,18H2,1H3,(H,31,35). The molecule has 1 unspecified atom stereocenters. The van der Waals surface area contributed by atoms with Gasteiger partial charge in [-0.25, -0.2) is 4.98 Å². The summed E-state index contributed by atoms with van der Waals surface area (Å²) in [6, 6.07) is 18.3. The average molecular weight is 463 g/mol. The van der Waals surface area contributed by atoms with Crippen LogP contribution in [0.2, 0.25) is 0 Å². The van der Waals surface area contributed by atoms with Gasteiger partial charge in [-0.15, -0.1) is 0 Å². The molecule has 0 spiro atoms. The van der Waals surface area contributed by atoms with Crippen LogP contribution in [-0.2, 0) is 6.54 Å². The first-order chi connectivity index (χ1) is 17.1. The number of hydrogen-bond donors (Lipinski definition) is 1. The highest BCUT2D eigenvalue weighted by atomic mass is 16.1. The van der Waals surface area contributed by atoms with Crippen molar-refractivity contribution < 1.29 is 4.79 Å². The molecule has 0 aliphatic carbocycles. The summed E-state index contributed by atoms with van der Waals surface area (Å²) in [5.41, 5.74) is 6.55. The minimum Gasteiger partial charge on any atom is -0.350 e. The summed E-state index contributed by atoms with van der Waals surface area (Å²) in [6.45, 7) is 2.40. The molecule has 174 valence electrons. The predicted octanol–water partition coefficient (Wildman–Crippen LogP) is 4.07. The van der Waals surface area contributed by atoms with E-state index in [0.29, 0.717) is 30.3 Å². The van der Waals surface area contributed by atoms with E-state index >= 15 is 0 Å². The Morgan fingerprint density at radius 1 is 1.17 bits per heavy atom. The van der Waals surface area contributed by atoms with Crippen molar-refractivity contribution >= 4 is 5.91 Å². The fourth-order valence-corrected chi connectivity index (χ4v) is 5.23. The van der Waals surface area contributed by atoms with E-state index in [9.17, 15) is 4.79 Å². The molecule has 1 atom stereocenters. The maximum absolute atomic E-state index is 13.0. The molecular weight excluding hydrogens is 436 g/mol. The van der Waals surface area contributed by atoms with Gasteiger partial charge < -0.3 is 14.8 Å². The Labute approximate surface area is 204 Å². The molecule has 7 heteroatoms. The third kappa shape index (κ3) is 3.82. The van der Waals surface area contributed by atoms with Gasteiger partial charge >= 0.3 is 0 Å². The number of rotatable bonds is 4. The van der Waals surface area contributed by atoms with Crippen molar-refractivity contribution in [3.8, 4) is 34.4 Å². The van der Waals surface area contributed by atoms with E-state index in [1.807, 2.05) is 54.9 Å². The Kier molecular flexibility index (Phi) is 5.24. The van der Waals surface area contributed by atoms with E-state index in [1.54, 1.807) is 0 Å². The lowest BCUT2D eigenvalue weighted by Crippen LogP contribution is -2.38. The fourth-order valence-electron chi connectivity index (χ4n) is 5.23. The highest BCUT2D eigenvalue weighted by Crippen LogP contribution is 2.34. The number of imidazole rings is 1. The number of aromatic nitrogens is 3. The van der Waals surface area contributed by atoms with Gasteiger partial charge in [0.2, 0.25) is 0 Å². The topological polar surface area (TPSA) is 78.9 Å². The van der Waals surface area contributed by atoms with Crippen LogP contribution in [0.5, 0.6) is 0 Å². The molecule has 0 saturated carbocycles. The van der Waals surface area contributed by atoms with E-state index in [1.165, 1.54) is 6.42 Å². The number of fused-ring (bicyclic) bond motifs is 5. The molecule has 2 aliphatic heterocycles. The first-order valence-electron chi connectivity index (χ1n) is 12.0. The number of carbonyl (C=O) groups excluding carboxylic acids is 1. The Morgan fingerprint density at radius 3 is 2.80 bits per heavy atom. The number of benzene rings is 2. The third-order valence-electron chi connectivity index (χ3n) is 7.23. The summed E-state index contributed by atoms with van der Waals surface area (Å²) in [5, 5.41) is 12.2. The Hall–Kier alpha value is -4.15. The Bertz CT molecular complexity index is 1460. The maximum atomic E-state index is 13.0. The molecule has 35 heavy (non-hydrogen) atoms. The summed E-state index contributed by atoms with van der Waals surface area (Å²) in [7, 11) is 2.12. The number of likely N-dealkylation sites (tertiary alicyclic amines) is 1. The Balaban J connectivity index is 1.32. The molecule has 2 aromatic carbocycles. The van der Waals surface area contributed by atoms with Gasteiger partial charge in [0, 0.05) is 48.8 Å². The summed E-state index contributed by atoms with van der Waals surface area (Å²) >= 11 is 0. The first kappa shape index (κ1) is 21.4. The van der Waals surface area contributed by atoms with Gasteiger partial charge in [0.05, 0.1) is 23.0 Å². The van der Waals surface area contributed by atoms with Gasteiger partial charge in [-0.2, -0.15) is 5.26 Å². The molecule has 0 radical (unpaired) electrons. The molecule has 2 aliphatic rings. The van der Waals surface area contributed by atoms with Crippen LogP contribution in [-0.4, -0.2) is 51.1 Å². The maximum Gasteiger partial charge on any atom is 0.251 e. The zero-order valence-corrected chi connectivity index (χ0v) is 19.6. The van der Waals surface area contributed by atoms with Crippen LogP contribution >= 0.6 is 0 Å². The lowest BCUT2D eigenvalue weighted by molar-refractivity contribution is 0.0943. The smallest absolute Gasteiger partial charge is 0.251 e. The van der Waals surface area contributed by atoms with Gasteiger partial charge in [0.15, 0.2) is 5.82 Å². The van der Waals surface area contributed by atoms with Crippen molar-refractivity contribution in [1.29, 1.82) is 5.26 Å². The van der Waals surface area contributed by atoms with Crippen molar-refractivity contribution in [1.82, 2.24) is 24.3 Å². The molecule has 0 bridgehead atoms. The number of nitriles is 1. The fraction of sp³-hybridized carbons (Fsp3) is 0.250. The second kappa shape index (κ2) is 8.57. The van der Waals surface area contributed by atoms with E-state index in [4.69, 9.17) is 5.26 Å². The number of nitrogens with one attached hydrogen (secondary N) is 1. The van der Waals surface area contributed by atoms with Crippen LogP contribution in [0, 0.1) is 11.3 Å². The second-order valence-corrected chi connectivity index (χ2v) is 9.38. The van der Waals surface area contributed by atoms with E-state index in [0.717, 1.165) is 46.9 Å². The number of nitrogens with zero attached hydrogens (tertiary/aromatic N) is 5. The van der Waals surface area contributed by atoms with Gasteiger partial charge in [-0.3, -0.25) is 9.36 Å². The van der Waals surface area contributed by atoms with E-state index in [2.05, 4.69) is 49.7 Å². The summed E-state index contributed by atoms with van der Waals surface area (Å²) in [5.74, 6) is 0.833. The minimum absolute atomic E-state index is 0.0331. The van der Waals surface area contributed by atoms with Crippen molar-refractivity contribution in [2.75, 3.05) is 20.1 Å². The molecule has 1 saturated heterocycles. The van der Waals surface area contributed by atoms with Crippen LogP contribution in [0.1, 0.15) is 34.3 Å². The number of likely N-dealkylation sites (N-methyl/N-ethyl adjacent to an activating group) is 1. The molecule has 1 N–H and O–H groups in total. The highest BCUT2D eigenvalue weighted by molar-refractivity contribution is 5.94. The zero-order valence-electron chi connectivity index (χ0n) is 19.6. The van der Waals surface area contributed by atoms with E-state index < -0.39 is 0 Å². The van der Waals surface area contributed by atoms with E-state index in [-0.39, 0.29) is 5.91 Å². The summed E-state index contributed by atoms with van der Waals surface area (Å²) < 4.78 is 4.28. The predicted molar refractivity (Wildman–Crippen MR) is 134 cm³/mol. The van der Waals surface area contributed by atoms with Crippen molar-refractivity contribution in [3.63, 3.8) is 0 Å². The highest BCUT2D eigenvalue weighted by Gasteiger charge is 2.24. The van der Waals surface area contributed by atoms with Crippen LogP contribution in [0.25, 0.3) is 28.3 Å². The lowest BCUT2D eigenvalue weighted by Gasteiger charge is -2.20. The van der Waals surface area contributed by atoms with Crippen LogP contribution < -0.4 is 5.32 Å². The molecule has 1 fully saturated rings. The molecular formula is C28H26N6O. The van der Waals surface area contributed by atoms with Gasteiger partial charge in [-0.1, -0.05) is 12.1 Å². The lowest BCUT2D eigenvalue weighted by atomic mass is 10.1. The molecule has 2 aromatic heterocycles. The minimum atomic E-state index is -0.0331. The molecule has 4 aromatic rings. The summed E-state index contributed by atoms with van der Waals surface area (Å²) in [4.78, 5) is 19.9. The Morgan fingerprint density at radius 2 is 2.03 bits per heavy atom. The first-order valence-corrected chi connectivity index (χ1v) is 12.0. The van der Waals surface area contributed by atoms with Gasteiger partial charge in [-0.05, 0) is 74.0 Å². The SMILES string of the molecule is CN1CCCC1CNC(=O)c1ccc2c(c1)Cn1cc(-c3ccc(C#N)cc3)cc1-c1nccn1-2. The number of hydrogen-bond acceptors (Lipinski definition) is 4. The van der Waals surface area contributed by atoms with Crippen LogP contribution in [0.15, 0.2) is 67.1 Å². The average Bonchev–Trinajstić information content (AvgIpc) is 3.61. The van der Waals surface area contributed by atoms with Crippen molar-refractivity contribution in [3.05, 3.63) is 83.8 Å². The quantitative estimate of drug-likeness (QED) is 0.437. The largest absolute Gasteiger partial charge is 0.350 e. The number of carbonyl (C=O) groups is 1. The molecule has 4 heterocycles. The number of amides is 1. The molecule has 1 amide bonds. The van der Waals surface area contributed by atoms with Gasteiger partial charge in [0.1, 0.15) is 0 Å². The van der Waals surface area contributed by atoms with Crippen molar-refractivity contribution in [2.24, 2.45) is 0 Å². The third-order valence-corrected chi connectivity index (χ3v) is 7.23. The molecule has 6 rings (SSSR count).